The molecule has 0 spiro atoms. The second-order valence-electron chi connectivity index (χ2n) is 4.38. The molecule has 0 bridgehead atoms. The summed E-state index contributed by atoms with van der Waals surface area (Å²) < 4.78 is 2.20. The van der Waals surface area contributed by atoms with Crippen LogP contribution in [0.2, 0.25) is 0 Å². The van der Waals surface area contributed by atoms with Gasteiger partial charge in [-0.25, -0.2) is 0 Å². The van der Waals surface area contributed by atoms with E-state index < -0.39 is 0 Å². The van der Waals surface area contributed by atoms with Crippen molar-refractivity contribution in [1.29, 1.82) is 0 Å². The minimum absolute atomic E-state index is 0.283. The van der Waals surface area contributed by atoms with Crippen molar-refractivity contribution in [1.82, 2.24) is 0 Å². The molecule has 0 radical (unpaired) electrons. The third-order valence-corrected chi connectivity index (χ3v) is 3.96. The fraction of sp³-hybridized carbons (Fsp3) is 0.200. The molecule has 0 aliphatic heterocycles. The van der Waals surface area contributed by atoms with E-state index >= 15 is 0 Å². The topological polar surface area (TPSA) is 12.0 Å². The van der Waals surface area contributed by atoms with Crippen LogP contribution in [0.5, 0.6) is 0 Å². The highest BCUT2D eigenvalue weighted by atomic mass is 79.9. The Bertz CT molecular complexity index is 535. The Kier molecular flexibility index (Phi) is 4.46. The van der Waals surface area contributed by atoms with Crippen LogP contribution >= 0.6 is 31.9 Å². The van der Waals surface area contributed by atoms with Gasteiger partial charge in [0, 0.05) is 20.7 Å². The van der Waals surface area contributed by atoms with Gasteiger partial charge in [0.1, 0.15) is 0 Å². The van der Waals surface area contributed by atoms with E-state index in [2.05, 4.69) is 93.5 Å². The normalized spacial score (nSPS) is 12.2. The average Bonchev–Trinajstić information content (AvgIpc) is 2.34. The summed E-state index contributed by atoms with van der Waals surface area (Å²) in [5.74, 6) is 0. The number of hydrogen-bond donors (Lipinski definition) is 1. The molecule has 2 aromatic rings. The molecular weight excluding hydrogens is 354 g/mol. The van der Waals surface area contributed by atoms with Crippen LogP contribution in [0.25, 0.3) is 0 Å². The van der Waals surface area contributed by atoms with Gasteiger partial charge in [-0.3, -0.25) is 0 Å². The molecule has 94 valence electrons. The van der Waals surface area contributed by atoms with Gasteiger partial charge in [-0.05, 0) is 49.2 Å². The fourth-order valence-corrected chi connectivity index (χ4v) is 2.44. The van der Waals surface area contributed by atoms with Gasteiger partial charge in [0.25, 0.3) is 0 Å². The van der Waals surface area contributed by atoms with Crippen molar-refractivity contribution < 1.29 is 0 Å². The molecule has 2 aromatic carbocycles. The van der Waals surface area contributed by atoms with E-state index in [0.29, 0.717) is 0 Å². The zero-order valence-corrected chi connectivity index (χ0v) is 13.5. The quantitative estimate of drug-likeness (QED) is 0.733. The molecule has 3 heteroatoms. The van der Waals surface area contributed by atoms with Crippen LogP contribution in [0.3, 0.4) is 0 Å². The van der Waals surface area contributed by atoms with Crippen LogP contribution in [0, 0.1) is 6.92 Å². The predicted molar refractivity (Wildman–Crippen MR) is 85.1 cm³/mol. The highest BCUT2D eigenvalue weighted by Crippen LogP contribution is 2.25. The van der Waals surface area contributed by atoms with E-state index in [9.17, 15) is 0 Å². The Morgan fingerprint density at radius 2 is 1.56 bits per heavy atom. The van der Waals surface area contributed by atoms with E-state index in [0.717, 1.165) is 8.95 Å². The molecule has 0 amide bonds. The van der Waals surface area contributed by atoms with Gasteiger partial charge in [-0.1, -0.05) is 50.1 Å². The standard InChI is InChI=1S/C15H15Br2N/c1-10-3-6-14(17)9-15(10)18-11(2)12-4-7-13(16)8-5-12/h3-9,11,18H,1-2H3. The first-order valence-electron chi connectivity index (χ1n) is 5.84. The largest absolute Gasteiger partial charge is 0.378 e. The van der Waals surface area contributed by atoms with Crippen LogP contribution in [-0.2, 0) is 0 Å². The van der Waals surface area contributed by atoms with Gasteiger partial charge in [-0.15, -0.1) is 0 Å². The third-order valence-electron chi connectivity index (χ3n) is 2.94. The lowest BCUT2D eigenvalue weighted by molar-refractivity contribution is 0.882. The van der Waals surface area contributed by atoms with Gasteiger partial charge < -0.3 is 5.32 Å². The zero-order chi connectivity index (χ0) is 13.1. The smallest absolute Gasteiger partial charge is 0.0485 e. The van der Waals surface area contributed by atoms with Crippen molar-refractivity contribution in [2.75, 3.05) is 5.32 Å². The van der Waals surface area contributed by atoms with Crippen LogP contribution in [0.15, 0.2) is 51.4 Å². The summed E-state index contributed by atoms with van der Waals surface area (Å²) in [6.07, 6.45) is 0. The molecule has 0 aliphatic rings. The minimum Gasteiger partial charge on any atom is -0.378 e. The Balaban J connectivity index is 2.18. The van der Waals surface area contributed by atoms with E-state index in [4.69, 9.17) is 0 Å². The second-order valence-corrected chi connectivity index (χ2v) is 6.21. The molecular formula is C15H15Br2N. The number of aryl methyl sites for hydroxylation is 1. The first-order chi connectivity index (χ1) is 8.56. The Morgan fingerprint density at radius 1 is 0.944 bits per heavy atom. The molecule has 0 saturated heterocycles. The Morgan fingerprint density at radius 3 is 2.22 bits per heavy atom. The maximum Gasteiger partial charge on any atom is 0.0485 e. The molecule has 1 atom stereocenters. The van der Waals surface area contributed by atoms with E-state index in [1.165, 1.54) is 16.8 Å². The third kappa shape index (κ3) is 3.36. The fourth-order valence-electron chi connectivity index (χ4n) is 1.82. The average molecular weight is 369 g/mol. The van der Waals surface area contributed by atoms with Crippen molar-refractivity contribution >= 4 is 37.5 Å². The highest BCUT2D eigenvalue weighted by Gasteiger charge is 2.07. The van der Waals surface area contributed by atoms with Gasteiger partial charge in [-0.2, -0.15) is 0 Å². The van der Waals surface area contributed by atoms with E-state index in [-0.39, 0.29) is 6.04 Å². The van der Waals surface area contributed by atoms with Crippen LogP contribution in [0.1, 0.15) is 24.1 Å². The number of benzene rings is 2. The molecule has 0 aliphatic carbocycles. The lowest BCUT2D eigenvalue weighted by Crippen LogP contribution is -2.07. The molecule has 0 fully saturated rings. The van der Waals surface area contributed by atoms with Gasteiger partial charge in [0.15, 0.2) is 0 Å². The molecule has 0 aromatic heterocycles. The molecule has 0 saturated carbocycles. The van der Waals surface area contributed by atoms with Crippen molar-refractivity contribution in [2.24, 2.45) is 0 Å². The maximum atomic E-state index is 3.54. The number of hydrogen-bond acceptors (Lipinski definition) is 1. The van der Waals surface area contributed by atoms with Crippen molar-refractivity contribution in [3.05, 3.63) is 62.5 Å². The second kappa shape index (κ2) is 5.89. The Hall–Kier alpha value is -0.800. The van der Waals surface area contributed by atoms with Crippen LogP contribution in [0.4, 0.5) is 5.69 Å². The summed E-state index contributed by atoms with van der Waals surface area (Å²) in [6.45, 7) is 4.28. The summed E-state index contributed by atoms with van der Waals surface area (Å²) in [7, 11) is 0. The molecule has 2 rings (SSSR count). The van der Waals surface area contributed by atoms with Crippen molar-refractivity contribution in [3.63, 3.8) is 0 Å². The molecule has 1 unspecified atom stereocenters. The number of anilines is 1. The monoisotopic (exact) mass is 367 g/mol. The number of halogens is 2. The summed E-state index contributed by atoms with van der Waals surface area (Å²) in [5, 5.41) is 3.54. The lowest BCUT2D eigenvalue weighted by Gasteiger charge is -2.18. The molecule has 1 N–H and O–H groups in total. The first kappa shape index (κ1) is 13.6. The minimum atomic E-state index is 0.283. The zero-order valence-electron chi connectivity index (χ0n) is 10.4. The highest BCUT2D eigenvalue weighted by molar-refractivity contribution is 9.10. The van der Waals surface area contributed by atoms with Gasteiger partial charge >= 0.3 is 0 Å². The molecule has 1 nitrogen and oxygen atoms in total. The predicted octanol–water partition coefficient (Wildman–Crippen LogP) is 5.69. The molecule has 0 heterocycles. The van der Waals surface area contributed by atoms with Crippen LogP contribution in [-0.4, -0.2) is 0 Å². The molecule has 18 heavy (non-hydrogen) atoms. The summed E-state index contributed by atoms with van der Waals surface area (Å²) in [6, 6.07) is 15.0. The maximum absolute atomic E-state index is 3.54. The summed E-state index contributed by atoms with van der Waals surface area (Å²) >= 11 is 6.96. The van der Waals surface area contributed by atoms with E-state index in [1.807, 2.05) is 0 Å². The SMILES string of the molecule is Cc1ccc(Br)cc1NC(C)c1ccc(Br)cc1. The van der Waals surface area contributed by atoms with Gasteiger partial charge in [0.05, 0.1) is 0 Å². The number of rotatable bonds is 3. The lowest BCUT2D eigenvalue weighted by atomic mass is 10.1. The van der Waals surface area contributed by atoms with Gasteiger partial charge in [0.2, 0.25) is 0 Å². The van der Waals surface area contributed by atoms with E-state index in [1.54, 1.807) is 0 Å². The summed E-state index contributed by atoms with van der Waals surface area (Å²) in [5.41, 5.74) is 3.69. The van der Waals surface area contributed by atoms with Crippen molar-refractivity contribution in [2.45, 2.75) is 19.9 Å². The summed E-state index contributed by atoms with van der Waals surface area (Å²) in [4.78, 5) is 0. The van der Waals surface area contributed by atoms with Crippen LogP contribution < -0.4 is 5.32 Å². The van der Waals surface area contributed by atoms with Crippen molar-refractivity contribution in [3.8, 4) is 0 Å². The number of nitrogens with one attached hydrogen (secondary N) is 1. The first-order valence-corrected chi connectivity index (χ1v) is 7.43. The Labute approximate surface area is 125 Å².